The molecule has 2 N–H and O–H groups in total. The summed E-state index contributed by atoms with van der Waals surface area (Å²) in [5.74, 6) is -0.420. The summed E-state index contributed by atoms with van der Waals surface area (Å²) in [7, 11) is 0. The molecule has 2 aromatic carbocycles. The monoisotopic (exact) mass is 663 g/mol. The molecule has 2 saturated heterocycles. The van der Waals surface area contributed by atoms with E-state index in [2.05, 4.69) is 29.4 Å². The fraction of sp³-hybridized carbons (Fsp3) is 0.568. The van der Waals surface area contributed by atoms with Crippen molar-refractivity contribution in [3.63, 3.8) is 0 Å². The first-order chi connectivity index (χ1) is 22.5. The van der Waals surface area contributed by atoms with E-state index in [0.29, 0.717) is 50.4 Å². The van der Waals surface area contributed by atoms with Gasteiger partial charge in [0.15, 0.2) is 0 Å². The molecule has 262 valence electrons. The first-order valence-corrected chi connectivity index (χ1v) is 17.0. The minimum atomic E-state index is -0.620. The van der Waals surface area contributed by atoms with Crippen molar-refractivity contribution in [1.29, 1.82) is 0 Å². The van der Waals surface area contributed by atoms with Crippen LogP contribution in [-0.2, 0) is 32.2 Å². The summed E-state index contributed by atoms with van der Waals surface area (Å²) in [6, 6.07) is 14.8. The maximum absolute atomic E-state index is 13.1. The van der Waals surface area contributed by atoms with Gasteiger partial charge in [-0.1, -0.05) is 24.3 Å². The molecule has 0 aromatic heterocycles. The number of rotatable bonds is 9. The maximum Gasteiger partial charge on any atom is 0.410 e. The minimum Gasteiger partial charge on any atom is -0.444 e. The molecule has 11 nitrogen and oxygen atoms in total. The first kappa shape index (κ1) is 36.7. The average Bonchev–Trinajstić information content (AvgIpc) is 3.68. The summed E-state index contributed by atoms with van der Waals surface area (Å²) in [5, 5.41) is 5.94. The van der Waals surface area contributed by atoms with Crippen LogP contribution in [0.2, 0.25) is 0 Å². The highest BCUT2D eigenvalue weighted by Gasteiger charge is 2.38. The standard InChI is InChI=1S/C37H53N5O6/c1-25(2)40(23-26-13-17-28(18-14-26)38-32(43)30-11-9-21-41(30)34(45)47-36(3,4)5)24-27-15-19-29(20-16-27)39-33(44)31-12-10-22-42(31)35(46)48-37(6,7)8/h13-20,25,30-31H,9-12,21-24H2,1-8H3,(H,38,43)(H,39,44)/t30-,31-/m0/s1. The highest BCUT2D eigenvalue weighted by molar-refractivity contribution is 5.97. The number of carbonyl (C=O) groups excluding carboxylic acids is 4. The number of hydrogen-bond acceptors (Lipinski definition) is 7. The number of benzene rings is 2. The van der Waals surface area contributed by atoms with Crippen molar-refractivity contribution in [2.24, 2.45) is 0 Å². The van der Waals surface area contributed by atoms with Crippen LogP contribution in [0.25, 0.3) is 0 Å². The van der Waals surface area contributed by atoms with Crippen molar-refractivity contribution in [1.82, 2.24) is 14.7 Å². The fourth-order valence-electron chi connectivity index (χ4n) is 5.88. The summed E-state index contributed by atoms with van der Waals surface area (Å²) >= 11 is 0. The lowest BCUT2D eigenvalue weighted by molar-refractivity contribution is -0.121. The second-order valence-corrected chi connectivity index (χ2v) is 15.0. The van der Waals surface area contributed by atoms with Gasteiger partial charge in [-0.2, -0.15) is 0 Å². The summed E-state index contributed by atoms with van der Waals surface area (Å²) < 4.78 is 11.0. The predicted octanol–water partition coefficient (Wildman–Crippen LogP) is 6.77. The molecule has 48 heavy (non-hydrogen) atoms. The molecule has 0 saturated carbocycles. The Morgan fingerprint density at radius 3 is 1.35 bits per heavy atom. The van der Waals surface area contributed by atoms with Crippen LogP contribution in [0.5, 0.6) is 0 Å². The first-order valence-electron chi connectivity index (χ1n) is 17.0. The van der Waals surface area contributed by atoms with Gasteiger partial charge in [-0.3, -0.25) is 24.3 Å². The second-order valence-electron chi connectivity index (χ2n) is 15.0. The second kappa shape index (κ2) is 15.4. The van der Waals surface area contributed by atoms with Crippen molar-refractivity contribution < 1.29 is 28.7 Å². The SMILES string of the molecule is CC(C)N(Cc1ccc(NC(=O)[C@@H]2CCCN2C(=O)OC(C)(C)C)cc1)Cc1ccc(NC(=O)[C@@H]2CCCN2C(=O)OC(C)(C)C)cc1. The van der Waals surface area contributed by atoms with Gasteiger partial charge >= 0.3 is 12.2 Å². The van der Waals surface area contributed by atoms with E-state index in [-0.39, 0.29) is 17.9 Å². The zero-order valence-electron chi connectivity index (χ0n) is 29.8. The van der Waals surface area contributed by atoms with E-state index in [0.717, 1.165) is 24.0 Å². The number of carbonyl (C=O) groups is 4. The van der Waals surface area contributed by atoms with Gasteiger partial charge in [0, 0.05) is 43.6 Å². The summed E-state index contributed by atoms with van der Waals surface area (Å²) in [5.41, 5.74) is 2.33. The van der Waals surface area contributed by atoms with Gasteiger partial charge in [0.05, 0.1) is 0 Å². The molecule has 0 unspecified atom stereocenters. The van der Waals surface area contributed by atoms with Gasteiger partial charge in [-0.05, 0) is 116 Å². The third-order valence-electron chi connectivity index (χ3n) is 8.31. The van der Waals surface area contributed by atoms with Gasteiger partial charge in [-0.15, -0.1) is 0 Å². The molecule has 0 aliphatic carbocycles. The largest absolute Gasteiger partial charge is 0.444 e. The van der Waals surface area contributed by atoms with Gasteiger partial charge in [0.1, 0.15) is 23.3 Å². The van der Waals surface area contributed by atoms with Crippen LogP contribution in [0.3, 0.4) is 0 Å². The van der Waals surface area contributed by atoms with Crippen LogP contribution in [0, 0.1) is 0 Å². The lowest BCUT2D eigenvalue weighted by atomic mass is 10.1. The molecule has 2 aliphatic rings. The minimum absolute atomic E-state index is 0.210. The van der Waals surface area contributed by atoms with E-state index in [9.17, 15) is 19.2 Å². The van der Waals surface area contributed by atoms with Crippen LogP contribution in [-0.4, -0.2) is 81.1 Å². The molecule has 2 aliphatic heterocycles. The Bertz CT molecular complexity index is 1320. The highest BCUT2D eigenvalue weighted by Crippen LogP contribution is 2.25. The lowest BCUT2D eigenvalue weighted by Gasteiger charge is -2.28. The van der Waals surface area contributed by atoms with Crippen molar-refractivity contribution in [2.45, 2.75) is 123 Å². The Morgan fingerprint density at radius 1 is 0.688 bits per heavy atom. The Kier molecular flexibility index (Phi) is 11.8. The zero-order chi connectivity index (χ0) is 35.2. The molecule has 4 rings (SSSR count). The van der Waals surface area contributed by atoms with Crippen LogP contribution in [0.4, 0.5) is 21.0 Å². The highest BCUT2D eigenvalue weighted by atomic mass is 16.6. The number of nitrogens with one attached hydrogen (secondary N) is 2. The maximum atomic E-state index is 13.1. The average molecular weight is 664 g/mol. The smallest absolute Gasteiger partial charge is 0.410 e. The number of likely N-dealkylation sites (tertiary alicyclic amines) is 2. The van der Waals surface area contributed by atoms with E-state index in [1.54, 1.807) is 0 Å². The Balaban J connectivity index is 1.30. The molecule has 2 fully saturated rings. The molecule has 2 heterocycles. The third kappa shape index (κ3) is 10.4. The normalized spacial score (nSPS) is 18.3. The van der Waals surface area contributed by atoms with Gasteiger partial charge in [-0.25, -0.2) is 9.59 Å². The zero-order valence-corrected chi connectivity index (χ0v) is 29.8. The Morgan fingerprint density at radius 2 is 1.04 bits per heavy atom. The van der Waals surface area contributed by atoms with Crippen molar-refractivity contribution in [3.8, 4) is 0 Å². The lowest BCUT2D eigenvalue weighted by Crippen LogP contribution is -2.45. The van der Waals surface area contributed by atoms with Crippen LogP contribution in [0.1, 0.15) is 92.2 Å². The fourth-order valence-corrected chi connectivity index (χ4v) is 5.88. The Labute approximate surface area is 285 Å². The topological polar surface area (TPSA) is 121 Å². The molecular weight excluding hydrogens is 610 g/mol. The molecule has 0 spiro atoms. The summed E-state index contributed by atoms with van der Waals surface area (Å²) in [4.78, 5) is 56.8. The summed E-state index contributed by atoms with van der Waals surface area (Å²) in [6.45, 7) is 17.6. The molecule has 0 bridgehead atoms. The van der Waals surface area contributed by atoms with E-state index in [1.165, 1.54) is 9.80 Å². The van der Waals surface area contributed by atoms with E-state index >= 15 is 0 Å². The number of hydrogen-bond donors (Lipinski definition) is 2. The molecular formula is C37H53N5O6. The van der Waals surface area contributed by atoms with Crippen molar-refractivity contribution in [2.75, 3.05) is 23.7 Å². The Hall–Kier alpha value is -4.12. The molecule has 4 amide bonds. The van der Waals surface area contributed by atoms with Crippen molar-refractivity contribution in [3.05, 3.63) is 59.7 Å². The molecule has 2 aromatic rings. The van der Waals surface area contributed by atoms with Crippen molar-refractivity contribution >= 4 is 35.4 Å². The number of anilines is 2. The predicted molar refractivity (Wildman–Crippen MR) is 186 cm³/mol. The van der Waals surface area contributed by atoms with E-state index < -0.39 is 35.5 Å². The van der Waals surface area contributed by atoms with Crippen LogP contribution >= 0.6 is 0 Å². The molecule has 0 radical (unpaired) electrons. The van der Waals surface area contributed by atoms with Crippen LogP contribution < -0.4 is 10.6 Å². The van der Waals surface area contributed by atoms with E-state index in [1.807, 2.05) is 90.1 Å². The summed E-state index contributed by atoms with van der Waals surface area (Å²) in [6.07, 6.45) is 1.81. The van der Waals surface area contributed by atoms with Crippen LogP contribution in [0.15, 0.2) is 48.5 Å². The quantitative estimate of drug-likeness (QED) is 0.304. The van der Waals surface area contributed by atoms with Gasteiger partial charge < -0.3 is 20.1 Å². The number of amides is 4. The van der Waals surface area contributed by atoms with Gasteiger partial charge in [0.25, 0.3) is 0 Å². The molecule has 11 heteroatoms. The third-order valence-corrected chi connectivity index (χ3v) is 8.31. The van der Waals surface area contributed by atoms with Gasteiger partial charge in [0.2, 0.25) is 11.8 Å². The number of ether oxygens (including phenoxy) is 2. The molecule has 2 atom stereocenters. The number of nitrogens with zero attached hydrogens (tertiary/aromatic N) is 3. The van der Waals surface area contributed by atoms with E-state index in [4.69, 9.17) is 9.47 Å².